The number of phenols is 1. The minimum Gasteiger partial charge on any atom is -0.507 e. The van der Waals surface area contributed by atoms with Crippen molar-refractivity contribution in [3.8, 4) is 45.4 Å². The number of aromatic hydroxyl groups is 1. The number of aromatic amines is 1. The van der Waals surface area contributed by atoms with Crippen LogP contribution in [-0.4, -0.2) is 60.7 Å². The number of aryl methyl sites for hydroxylation is 1. The largest absolute Gasteiger partial charge is 0.507 e. The molecule has 1 fully saturated rings. The van der Waals surface area contributed by atoms with Crippen molar-refractivity contribution in [3.63, 3.8) is 0 Å². The number of phenolic OH excluding ortho intramolecular Hbond substituents is 1. The van der Waals surface area contributed by atoms with E-state index < -0.39 is 0 Å². The zero-order valence-electron chi connectivity index (χ0n) is 19.0. The molecule has 3 aromatic rings. The zero-order chi connectivity index (χ0) is 22.5. The van der Waals surface area contributed by atoms with Gasteiger partial charge in [0.15, 0.2) is 11.5 Å². The average molecular weight is 438 g/mol. The average Bonchev–Trinajstić information content (AvgIpc) is 3.20. The van der Waals surface area contributed by atoms with Crippen molar-refractivity contribution in [2.75, 3.05) is 40.5 Å². The van der Waals surface area contributed by atoms with Gasteiger partial charge in [-0.2, -0.15) is 5.10 Å². The van der Waals surface area contributed by atoms with E-state index in [-0.39, 0.29) is 5.75 Å². The molecule has 0 aliphatic carbocycles. The van der Waals surface area contributed by atoms with E-state index in [1.165, 1.54) is 19.3 Å². The van der Waals surface area contributed by atoms with Crippen molar-refractivity contribution in [2.45, 2.75) is 26.2 Å². The summed E-state index contributed by atoms with van der Waals surface area (Å²) in [5.74, 6) is 2.09. The zero-order valence-corrected chi connectivity index (χ0v) is 19.0. The first kappa shape index (κ1) is 22.0. The van der Waals surface area contributed by atoms with Gasteiger partial charge in [-0.25, -0.2) is 0 Å². The van der Waals surface area contributed by atoms with Gasteiger partial charge >= 0.3 is 0 Å². The molecule has 0 radical (unpaired) electrons. The van der Waals surface area contributed by atoms with Crippen LogP contribution in [0.4, 0.5) is 0 Å². The second-order valence-electron chi connectivity index (χ2n) is 8.07. The Morgan fingerprint density at radius 2 is 1.78 bits per heavy atom. The number of nitrogens with one attached hydrogen (secondary N) is 1. The van der Waals surface area contributed by atoms with E-state index in [0.717, 1.165) is 36.5 Å². The summed E-state index contributed by atoms with van der Waals surface area (Å²) >= 11 is 0. The lowest BCUT2D eigenvalue weighted by Gasteiger charge is -2.26. The maximum Gasteiger partial charge on any atom is 0.161 e. The van der Waals surface area contributed by atoms with E-state index in [2.05, 4.69) is 15.1 Å². The molecule has 0 atom stereocenters. The number of piperidine rings is 1. The van der Waals surface area contributed by atoms with Gasteiger partial charge in [0.1, 0.15) is 23.8 Å². The van der Waals surface area contributed by atoms with Crippen LogP contribution < -0.4 is 14.2 Å². The number of likely N-dealkylation sites (tertiary alicyclic amines) is 1. The standard InChI is InChI=1S/C25H31N3O4/c1-17-24(18-7-10-22(30-2)23(15-18)31-3)25(27-26-17)20-9-8-19(16-21(20)29)32-14-13-28-11-5-4-6-12-28/h7-10,15-16,29H,4-6,11-14H2,1-3H3,(H,26,27). The molecule has 2 heterocycles. The van der Waals surface area contributed by atoms with Crippen LogP contribution in [-0.2, 0) is 0 Å². The van der Waals surface area contributed by atoms with Crippen molar-refractivity contribution >= 4 is 0 Å². The van der Waals surface area contributed by atoms with E-state index in [0.29, 0.717) is 35.1 Å². The highest BCUT2D eigenvalue weighted by molar-refractivity contribution is 5.85. The molecular formula is C25H31N3O4. The molecule has 7 nitrogen and oxygen atoms in total. The number of hydrogen-bond acceptors (Lipinski definition) is 6. The number of benzene rings is 2. The minimum absolute atomic E-state index is 0.133. The van der Waals surface area contributed by atoms with E-state index >= 15 is 0 Å². The fraction of sp³-hybridized carbons (Fsp3) is 0.400. The van der Waals surface area contributed by atoms with Crippen molar-refractivity contribution in [3.05, 3.63) is 42.1 Å². The Labute approximate surface area is 188 Å². The lowest BCUT2D eigenvalue weighted by Crippen LogP contribution is -2.33. The molecule has 2 N–H and O–H groups in total. The third-order valence-corrected chi connectivity index (χ3v) is 5.97. The number of ether oxygens (including phenoxy) is 3. The summed E-state index contributed by atoms with van der Waals surface area (Å²) in [6.07, 6.45) is 3.85. The molecular weight excluding hydrogens is 406 g/mol. The Morgan fingerprint density at radius 1 is 1.00 bits per heavy atom. The number of methoxy groups -OCH3 is 2. The SMILES string of the molecule is COc1ccc(-c2c(-c3ccc(OCCN4CCCCC4)cc3O)n[nH]c2C)cc1OC. The molecule has 7 heteroatoms. The third-order valence-electron chi connectivity index (χ3n) is 5.97. The maximum atomic E-state index is 10.8. The van der Waals surface area contributed by atoms with E-state index in [4.69, 9.17) is 14.2 Å². The van der Waals surface area contributed by atoms with Gasteiger partial charge in [0, 0.05) is 29.4 Å². The summed E-state index contributed by atoms with van der Waals surface area (Å²) in [5, 5.41) is 18.3. The maximum absolute atomic E-state index is 10.8. The van der Waals surface area contributed by atoms with Crippen LogP contribution in [0.3, 0.4) is 0 Å². The topological polar surface area (TPSA) is 79.8 Å². The van der Waals surface area contributed by atoms with Gasteiger partial charge in [0.05, 0.1) is 14.2 Å². The number of H-pyrrole nitrogens is 1. The molecule has 0 bridgehead atoms. The van der Waals surface area contributed by atoms with Gasteiger partial charge in [-0.3, -0.25) is 10.00 Å². The van der Waals surface area contributed by atoms with Crippen LogP contribution in [0.1, 0.15) is 25.0 Å². The highest BCUT2D eigenvalue weighted by atomic mass is 16.5. The number of aromatic nitrogens is 2. The van der Waals surface area contributed by atoms with Crippen molar-refractivity contribution in [1.29, 1.82) is 0 Å². The molecule has 0 spiro atoms. The third kappa shape index (κ3) is 4.67. The predicted octanol–water partition coefficient (Wildman–Crippen LogP) is 4.64. The summed E-state index contributed by atoms with van der Waals surface area (Å²) in [7, 11) is 3.22. The second kappa shape index (κ2) is 9.96. The first-order chi connectivity index (χ1) is 15.6. The minimum atomic E-state index is 0.133. The van der Waals surface area contributed by atoms with Crippen LogP contribution in [0.5, 0.6) is 23.0 Å². The highest BCUT2D eigenvalue weighted by Gasteiger charge is 2.19. The Balaban J connectivity index is 1.54. The fourth-order valence-corrected chi connectivity index (χ4v) is 4.25. The van der Waals surface area contributed by atoms with Gasteiger partial charge in [0.25, 0.3) is 0 Å². The van der Waals surface area contributed by atoms with Gasteiger partial charge in [0.2, 0.25) is 0 Å². The van der Waals surface area contributed by atoms with Crippen molar-refractivity contribution in [1.82, 2.24) is 15.1 Å². The second-order valence-corrected chi connectivity index (χ2v) is 8.07. The van der Waals surface area contributed by atoms with Gasteiger partial charge in [-0.1, -0.05) is 12.5 Å². The Hall–Kier alpha value is -3.19. The molecule has 1 aliphatic rings. The molecule has 0 saturated carbocycles. The number of hydrogen-bond donors (Lipinski definition) is 2. The monoisotopic (exact) mass is 437 g/mol. The molecule has 4 rings (SSSR count). The van der Waals surface area contributed by atoms with Crippen molar-refractivity contribution in [2.24, 2.45) is 0 Å². The van der Waals surface area contributed by atoms with Gasteiger partial charge < -0.3 is 19.3 Å². The quantitative estimate of drug-likeness (QED) is 0.534. The summed E-state index contributed by atoms with van der Waals surface area (Å²) in [5.41, 5.74) is 4.04. The molecule has 0 amide bonds. The normalized spacial score (nSPS) is 14.3. The lowest BCUT2D eigenvalue weighted by molar-refractivity contribution is 0.183. The van der Waals surface area contributed by atoms with Gasteiger partial charge in [-0.05, 0) is 62.7 Å². The van der Waals surface area contributed by atoms with E-state index in [1.54, 1.807) is 20.3 Å². The summed E-state index contributed by atoms with van der Waals surface area (Å²) in [6.45, 7) is 5.76. The highest BCUT2D eigenvalue weighted by Crippen LogP contribution is 2.41. The smallest absolute Gasteiger partial charge is 0.161 e. The Bertz CT molecular complexity index is 1060. The lowest BCUT2D eigenvalue weighted by atomic mass is 9.98. The fourth-order valence-electron chi connectivity index (χ4n) is 4.25. The predicted molar refractivity (Wildman–Crippen MR) is 125 cm³/mol. The van der Waals surface area contributed by atoms with Crippen molar-refractivity contribution < 1.29 is 19.3 Å². The summed E-state index contributed by atoms with van der Waals surface area (Å²) in [6, 6.07) is 11.1. The molecule has 1 aliphatic heterocycles. The molecule has 2 aromatic carbocycles. The number of rotatable bonds is 8. The van der Waals surface area contributed by atoms with Gasteiger partial charge in [-0.15, -0.1) is 0 Å². The summed E-state index contributed by atoms with van der Waals surface area (Å²) < 4.78 is 16.7. The first-order valence-corrected chi connectivity index (χ1v) is 11.1. The summed E-state index contributed by atoms with van der Waals surface area (Å²) in [4.78, 5) is 2.43. The molecule has 1 saturated heterocycles. The van der Waals surface area contributed by atoms with Crippen LogP contribution in [0, 0.1) is 6.92 Å². The molecule has 170 valence electrons. The Kier molecular flexibility index (Phi) is 6.85. The van der Waals surface area contributed by atoms with E-state index in [9.17, 15) is 5.11 Å². The molecule has 32 heavy (non-hydrogen) atoms. The van der Waals surface area contributed by atoms with Crippen LogP contribution in [0.2, 0.25) is 0 Å². The Morgan fingerprint density at radius 3 is 2.50 bits per heavy atom. The molecule has 1 aromatic heterocycles. The van der Waals surface area contributed by atoms with E-state index in [1.807, 2.05) is 37.3 Å². The van der Waals surface area contributed by atoms with Crippen LogP contribution in [0.15, 0.2) is 36.4 Å². The van der Waals surface area contributed by atoms with Crippen LogP contribution in [0.25, 0.3) is 22.4 Å². The number of nitrogens with zero attached hydrogens (tertiary/aromatic N) is 2. The van der Waals surface area contributed by atoms with Crippen LogP contribution >= 0.6 is 0 Å². The first-order valence-electron chi connectivity index (χ1n) is 11.1. The molecule has 0 unspecified atom stereocenters.